The van der Waals surface area contributed by atoms with Gasteiger partial charge in [0.2, 0.25) is 0 Å². The molecule has 0 unspecified atom stereocenters. The maximum Gasteiger partial charge on any atom is 0.0117 e. The van der Waals surface area contributed by atoms with E-state index in [2.05, 4.69) is 23.9 Å². The Kier molecular flexibility index (Phi) is 2.37. The molecule has 0 aromatic rings. The monoisotopic (exact) mass is 167 g/mol. The fourth-order valence-electron chi connectivity index (χ4n) is 2.13. The highest BCUT2D eigenvalue weighted by atomic mass is 15.2. The van der Waals surface area contributed by atoms with Crippen LogP contribution < -0.4 is 0 Å². The van der Waals surface area contributed by atoms with E-state index in [0.29, 0.717) is 0 Å². The first kappa shape index (κ1) is 8.52. The smallest absolute Gasteiger partial charge is 0.0117 e. The van der Waals surface area contributed by atoms with E-state index in [4.69, 9.17) is 0 Å². The molecule has 69 valence electrons. The summed E-state index contributed by atoms with van der Waals surface area (Å²) in [7, 11) is 6.06. The fourth-order valence-corrected chi connectivity index (χ4v) is 2.13. The molecule has 1 radical (unpaired) electrons. The van der Waals surface area contributed by atoms with Gasteiger partial charge in [-0.1, -0.05) is 0 Å². The van der Waals surface area contributed by atoms with Crippen LogP contribution in [-0.4, -0.2) is 42.0 Å². The Morgan fingerprint density at radius 3 is 2.17 bits per heavy atom. The molecule has 1 aliphatic heterocycles. The molecule has 2 nitrogen and oxygen atoms in total. The molecule has 2 fully saturated rings. The van der Waals surface area contributed by atoms with E-state index in [1.54, 1.807) is 0 Å². The van der Waals surface area contributed by atoms with Crippen molar-refractivity contribution in [3.63, 3.8) is 0 Å². The van der Waals surface area contributed by atoms with E-state index >= 15 is 0 Å². The summed E-state index contributed by atoms with van der Waals surface area (Å²) in [5, 5.41) is 0. The summed E-state index contributed by atoms with van der Waals surface area (Å²) in [6.45, 7) is 2.60. The molecule has 1 saturated carbocycles. The summed E-state index contributed by atoms with van der Waals surface area (Å²) in [5.41, 5.74) is 0. The highest BCUT2D eigenvalue weighted by molar-refractivity contribution is 4.88. The van der Waals surface area contributed by atoms with Crippen molar-refractivity contribution in [3.8, 4) is 0 Å². The zero-order valence-corrected chi connectivity index (χ0v) is 8.00. The number of nitrogens with zero attached hydrogens (tertiary/aromatic N) is 2. The summed E-state index contributed by atoms with van der Waals surface area (Å²) >= 11 is 0. The first-order chi connectivity index (χ1) is 5.77. The second-order valence-electron chi connectivity index (χ2n) is 4.26. The normalized spacial score (nSPS) is 28.2. The lowest BCUT2D eigenvalue weighted by atomic mass is 10.0. The largest absolute Gasteiger partial charge is 0.302 e. The lowest BCUT2D eigenvalue weighted by Crippen LogP contribution is -2.42. The van der Waals surface area contributed by atoms with Gasteiger partial charge in [0.05, 0.1) is 0 Å². The van der Waals surface area contributed by atoms with Crippen molar-refractivity contribution < 1.29 is 0 Å². The Morgan fingerprint density at radius 1 is 1.17 bits per heavy atom. The van der Waals surface area contributed by atoms with Crippen LogP contribution in [0.4, 0.5) is 0 Å². The minimum absolute atomic E-state index is 0.736. The molecule has 2 rings (SSSR count). The molecule has 0 aromatic carbocycles. The summed E-state index contributed by atoms with van der Waals surface area (Å²) in [5.74, 6) is 0. The fraction of sp³-hybridized carbons (Fsp3) is 0.900. The molecular weight excluding hydrogens is 148 g/mol. The van der Waals surface area contributed by atoms with Gasteiger partial charge in [-0.3, -0.25) is 0 Å². The van der Waals surface area contributed by atoms with Gasteiger partial charge in [-0.15, -0.1) is 0 Å². The molecule has 1 saturated heterocycles. The van der Waals surface area contributed by atoms with Crippen LogP contribution in [0, 0.1) is 7.05 Å². The van der Waals surface area contributed by atoms with Gasteiger partial charge in [-0.25, -0.2) is 0 Å². The number of piperidine rings is 1. The van der Waals surface area contributed by atoms with Crippen molar-refractivity contribution in [1.82, 2.24) is 9.80 Å². The van der Waals surface area contributed by atoms with Crippen molar-refractivity contribution >= 4 is 0 Å². The quantitative estimate of drug-likeness (QED) is 0.612. The molecule has 1 aliphatic carbocycles. The van der Waals surface area contributed by atoms with E-state index in [-0.39, 0.29) is 0 Å². The van der Waals surface area contributed by atoms with Gasteiger partial charge < -0.3 is 9.80 Å². The standard InChI is InChI=1S/C10H19N2/c1-11(2)9-5-7-12(8-6-9)10-3-4-10/h9-10H,1,3-8H2,2H3. The maximum atomic E-state index is 3.96. The van der Waals surface area contributed by atoms with Crippen molar-refractivity contribution in [2.45, 2.75) is 37.8 Å². The average molecular weight is 167 g/mol. The van der Waals surface area contributed by atoms with E-state index in [1.807, 2.05) is 0 Å². The van der Waals surface area contributed by atoms with Crippen molar-refractivity contribution in [3.05, 3.63) is 7.05 Å². The van der Waals surface area contributed by atoms with Gasteiger partial charge in [0, 0.05) is 19.1 Å². The molecule has 0 atom stereocenters. The van der Waals surface area contributed by atoms with Crippen LogP contribution in [0.15, 0.2) is 0 Å². The first-order valence-electron chi connectivity index (χ1n) is 5.05. The third-order valence-electron chi connectivity index (χ3n) is 3.19. The van der Waals surface area contributed by atoms with Gasteiger partial charge in [0.15, 0.2) is 0 Å². The van der Waals surface area contributed by atoms with Crippen LogP contribution in [0.5, 0.6) is 0 Å². The van der Waals surface area contributed by atoms with Gasteiger partial charge in [-0.2, -0.15) is 0 Å². The Bertz CT molecular complexity index is 134. The summed E-state index contributed by atoms with van der Waals surface area (Å²) < 4.78 is 0. The van der Waals surface area contributed by atoms with Crippen LogP contribution >= 0.6 is 0 Å². The number of hydrogen-bond acceptors (Lipinski definition) is 2. The Balaban J connectivity index is 1.76. The zero-order valence-electron chi connectivity index (χ0n) is 8.00. The second-order valence-corrected chi connectivity index (χ2v) is 4.26. The molecule has 1 heterocycles. The highest BCUT2D eigenvalue weighted by Crippen LogP contribution is 2.29. The predicted molar refractivity (Wildman–Crippen MR) is 50.7 cm³/mol. The second kappa shape index (κ2) is 3.35. The number of likely N-dealkylation sites (tertiary alicyclic amines) is 1. The Labute approximate surface area is 75.5 Å². The molecule has 0 bridgehead atoms. The van der Waals surface area contributed by atoms with E-state index in [1.165, 1.54) is 38.8 Å². The number of hydrogen-bond donors (Lipinski definition) is 0. The predicted octanol–water partition coefficient (Wildman–Crippen LogP) is 1.34. The van der Waals surface area contributed by atoms with E-state index in [9.17, 15) is 0 Å². The average Bonchev–Trinajstić information content (AvgIpc) is 2.87. The molecule has 0 amide bonds. The van der Waals surface area contributed by atoms with Crippen LogP contribution in [0.1, 0.15) is 25.7 Å². The molecule has 0 aromatic heterocycles. The number of rotatable bonds is 2. The summed E-state index contributed by atoms with van der Waals surface area (Å²) in [4.78, 5) is 4.78. The van der Waals surface area contributed by atoms with Gasteiger partial charge in [0.1, 0.15) is 0 Å². The molecule has 2 heteroatoms. The van der Waals surface area contributed by atoms with Crippen LogP contribution in [0.3, 0.4) is 0 Å². The third kappa shape index (κ3) is 1.80. The lowest BCUT2D eigenvalue weighted by Gasteiger charge is -2.35. The SMILES string of the molecule is [CH2]N(C)C1CCN(C2CC2)CC1. The van der Waals surface area contributed by atoms with Crippen molar-refractivity contribution in [2.75, 3.05) is 20.1 Å². The van der Waals surface area contributed by atoms with Crippen molar-refractivity contribution in [1.29, 1.82) is 0 Å². The van der Waals surface area contributed by atoms with Crippen LogP contribution in [0.25, 0.3) is 0 Å². The first-order valence-corrected chi connectivity index (χ1v) is 5.05. The summed E-state index contributed by atoms with van der Waals surface area (Å²) in [6.07, 6.45) is 5.53. The minimum atomic E-state index is 0.736. The van der Waals surface area contributed by atoms with Gasteiger partial charge in [0.25, 0.3) is 0 Å². The lowest BCUT2D eigenvalue weighted by molar-refractivity contribution is 0.148. The Hall–Kier alpha value is -0.0800. The summed E-state index contributed by atoms with van der Waals surface area (Å²) in [6, 6.07) is 1.70. The molecular formula is C10H19N2. The zero-order chi connectivity index (χ0) is 8.55. The van der Waals surface area contributed by atoms with Gasteiger partial charge in [-0.05, 0) is 45.8 Å². The van der Waals surface area contributed by atoms with Crippen LogP contribution in [-0.2, 0) is 0 Å². The molecule has 0 N–H and O–H groups in total. The molecule has 2 aliphatic rings. The van der Waals surface area contributed by atoms with Crippen LogP contribution in [0.2, 0.25) is 0 Å². The third-order valence-corrected chi connectivity index (χ3v) is 3.19. The Morgan fingerprint density at radius 2 is 1.75 bits per heavy atom. The minimum Gasteiger partial charge on any atom is -0.302 e. The van der Waals surface area contributed by atoms with E-state index in [0.717, 1.165) is 12.1 Å². The molecule has 0 spiro atoms. The maximum absolute atomic E-state index is 3.96. The van der Waals surface area contributed by atoms with Crippen molar-refractivity contribution in [2.24, 2.45) is 0 Å². The molecule has 12 heavy (non-hydrogen) atoms. The van der Waals surface area contributed by atoms with Gasteiger partial charge >= 0.3 is 0 Å². The highest BCUT2D eigenvalue weighted by Gasteiger charge is 2.31. The van der Waals surface area contributed by atoms with E-state index < -0.39 is 0 Å². The topological polar surface area (TPSA) is 6.48 Å².